The van der Waals surface area contributed by atoms with Crippen molar-refractivity contribution in [1.82, 2.24) is 39.9 Å². The summed E-state index contributed by atoms with van der Waals surface area (Å²) >= 11 is 116. The van der Waals surface area contributed by atoms with Crippen LogP contribution in [0.5, 0.6) is 46.0 Å². The van der Waals surface area contributed by atoms with E-state index in [4.69, 9.17) is 244 Å². The van der Waals surface area contributed by atoms with Crippen molar-refractivity contribution in [3.05, 3.63) is 226 Å². The van der Waals surface area contributed by atoms with E-state index >= 15 is 0 Å². The number of para-hydroxylation sites is 2. The fourth-order valence-corrected chi connectivity index (χ4v) is 14.9. The van der Waals surface area contributed by atoms with Gasteiger partial charge in [0.2, 0.25) is 0 Å². The molecule has 0 saturated heterocycles. The van der Waals surface area contributed by atoms with Gasteiger partial charge in [-0.2, -0.15) is 0 Å². The SMILES string of the molecule is Clc1ccc(Cl)c(Oc2c(Cl)c(Cl)c3c4nc5nc(nc6[n-]c(nc7nc(nc([n-]4)c3c2Cl)-c2c(Cl)c(Cl)c(Oc3ccccc3-c3ccccc3)c(Cl)c2-7)c2c(Cl)c(Oc3cc(Cl)ccc3Cl)c(Cl)c(Cl)c62)-c2c(Cl)c(Cl)c(Oc3ccccc3-c3ccccc3)c(Cl)c2-5)c1.[Zn+2]. The molecule has 0 amide bonds. The number of ether oxygens (including phenoxy) is 4. The van der Waals surface area contributed by atoms with E-state index in [0.29, 0.717) is 22.6 Å². The van der Waals surface area contributed by atoms with E-state index in [0.717, 1.165) is 11.1 Å². The maximum atomic E-state index is 7.65. The van der Waals surface area contributed by atoms with Crippen LogP contribution in [-0.4, -0.2) is 29.9 Å². The molecule has 12 nitrogen and oxygen atoms in total. The first kappa shape index (κ1) is 68.2. The Morgan fingerprint density at radius 3 is 0.907 bits per heavy atom. The zero-order valence-electron chi connectivity index (χ0n) is 47.8. The smallest absolute Gasteiger partial charge is 0.453 e. The summed E-state index contributed by atoms with van der Waals surface area (Å²) in [5.41, 5.74) is 2.27. The van der Waals surface area contributed by atoms with Crippen molar-refractivity contribution >= 4 is 230 Å². The van der Waals surface area contributed by atoms with Crippen molar-refractivity contribution < 1.29 is 38.4 Å². The van der Waals surface area contributed by atoms with Crippen LogP contribution in [0.2, 0.25) is 80.4 Å². The molecule has 0 radical (unpaired) electrons. The summed E-state index contributed by atoms with van der Waals surface area (Å²) in [5, 5.41) is -1.29. The number of nitrogens with zero attached hydrogens (tertiary/aromatic N) is 8. The van der Waals surface area contributed by atoms with Crippen molar-refractivity contribution in [2.45, 2.75) is 0 Å². The van der Waals surface area contributed by atoms with Gasteiger partial charge in [0.05, 0.1) is 73.5 Å². The third-order valence-corrected chi connectivity index (χ3v) is 21.1. The number of aromatic nitrogens is 8. The molecule has 10 aromatic carbocycles. The third-order valence-electron chi connectivity index (χ3n) is 15.2. The Bertz CT molecular complexity index is 5730. The molecule has 97 heavy (non-hydrogen) atoms. The second-order valence-corrected chi connectivity index (χ2v) is 27.1. The van der Waals surface area contributed by atoms with Crippen LogP contribution in [0, 0.1) is 0 Å². The Morgan fingerprint density at radius 2 is 0.546 bits per heavy atom. The Morgan fingerprint density at radius 1 is 0.258 bits per heavy atom. The van der Waals surface area contributed by atoms with E-state index in [2.05, 4.69) is 0 Å². The van der Waals surface area contributed by atoms with Gasteiger partial charge >= 0.3 is 19.5 Å². The molecule has 0 N–H and O–H groups in total. The summed E-state index contributed by atoms with van der Waals surface area (Å²) in [6.07, 6.45) is 0. The van der Waals surface area contributed by atoms with Gasteiger partial charge in [-0.1, -0.05) is 283 Å². The second-order valence-electron chi connectivity index (χ2n) is 20.8. The van der Waals surface area contributed by atoms with Gasteiger partial charge in [0.15, 0.2) is 23.0 Å². The summed E-state index contributed by atoms with van der Waals surface area (Å²) in [6, 6.07) is 42.6. The molecule has 0 unspecified atom stereocenters. The molecule has 0 aliphatic carbocycles. The van der Waals surface area contributed by atoms with E-state index in [1.165, 1.54) is 24.3 Å². The number of fused-ring (bicyclic) bond motifs is 20. The van der Waals surface area contributed by atoms with Gasteiger partial charge in [-0.25, -0.2) is 9.97 Å². The molecule has 5 heterocycles. The summed E-state index contributed by atoms with van der Waals surface area (Å²) < 4.78 is 26.2. The monoisotopic (exact) mass is 1640 g/mol. The van der Waals surface area contributed by atoms with Crippen LogP contribution in [0.3, 0.4) is 0 Å². The first-order valence-corrected chi connectivity index (χ1v) is 33.7. The molecule has 29 heteroatoms. The summed E-state index contributed by atoms with van der Waals surface area (Å²) in [6.45, 7) is 0. The van der Waals surface area contributed by atoms with E-state index in [1.807, 2.05) is 84.9 Å². The average molecular weight is 1650 g/mol. The normalized spacial score (nSPS) is 11.6. The van der Waals surface area contributed by atoms with E-state index in [-0.39, 0.29) is 224 Å². The quantitative estimate of drug-likeness (QED) is 0.0950. The molecular formula is C68H24Cl16N8O4Zn. The number of hydrogen-bond acceptors (Lipinski definition) is 10. The Hall–Kier alpha value is -5.98. The van der Waals surface area contributed by atoms with Crippen molar-refractivity contribution in [1.29, 1.82) is 0 Å². The minimum Gasteiger partial charge on any atom is -0.453 e. The van der Waals surface area contributed by atoms with E-state index in [9.17, 15) is 0 Å². The van der Waals surface area contributed by atoms with Crippen LogP contribution < -0.4 is 28.9 Å². The first-order valence-electron chi connectivity index (χ1n) is 27.7. The van der Waals surface area contributed by atoms with Crippen molar-refractivity contribution in [3.8, 4) is 114 Å². The van der Waals surface area contributed by atoms with Crippen LogP contribution in [0.15, 0.2) is 146 Å². The van der Waals surface area contributed by atoms with Gasteiger partial charge in [0, 0.05) is 99.7 Å². The topological polar surface area (TPSA) is 142 Å². The Kier molecular flexibility index (Phi) is 19.1. The maximum absolute atomic E-state index is 7.65. The largest absolute Gasteiger partial charge is 2.00 e. The van der Waals surface area contributed by atoms with Gasteiger partial charge in [0.1, 0.15) is 43.1 Å². The van der Waals surface area contributed by atoms with Crippen LogP contribution in [0.25, 0.3) is 112 Å². The van der Waals surface area contributed by atoms with Gasteiger partial charge in [-0.15, -0.1) is 0 Å². The summed E-state index contributed by atoms with van der Waals surface area (Å²) in [5.74, 6) is -0.580. The number of halogens is 16. The number of rotatable bonds is 10. The van der Waals surface area contributed by atoms with Gasteiger partial charge in [0.25, 0.3) is 0 Å². The molecule has 2 aliphatic rings. The third kappa shape index (κ3) is 11.9. The molecule has 8 bridgehead atoms. The molecule has 0 saturated carbocycles. The fourth-order valence-electron chi connectivity index (χ4n) is 10.9. The standard InChI is InChI=1S/C68H24Cl16N8O4.Zn/c69-27-19-21-31(71)35(23-27)95-59-51(79)43-40(48(76)56(59)84)64-88-65-41-37(45(73)53(81)57(49(41)77)93-33-17-9-7-15-29(33)25-11-3-1-4-12-25)61(86-65)85-62-39-44(52(80)60(55(83)47(39)75)96-36-24-28(70)20-22-32(36)72)68(87-62)92-67-42-38(63(91-67)89-66(43)90-64)46(74)54(82)58(50(42)78)94-34-18-10-8-16-30(34)26-13-5-2-6-14-26;/h1-24H;/q-2;+2. The molecule has 0 atom stereocenters. The van der Waals surface area contributed by atoms with Gasteiger partial charge in [-0.3, -0.25) is 0 Å². The zero-order valence-corrected chi connectivity index (χ0v) is 62.9. The minimum absolute atomic E-state index is 0. The van der Waals surface area contributed by atoms with E-state index in [1.54, 1.807) is 36.4 Å². The fraction of sp³-hybridized carbons (Fsp3) is 0. The predicted octanol–water partition coefficient (Wildman–Crippen LogP) is 27.1. The van der Waals surface area contributed by atoms with Gasteiger partial charge in [-0.05, 0) is 47.5 Å². The average Bonchev–Trinajstić information content (AvgIpc) is 1.60. The van der Waals surface area contributed by atoms with Crippen molar-refractivity contribution in [2.24, 2.45) is 0 Å². The van der Waals surface area contributed by atoms with Crippen LogP contribution in [0.4, 0.5) is 0 Å². The Labute approximate surface area is 641 Å². The maximum Gasteiger partial charge on any atom is 2.00 e. The zero-order chi connectivity index (χ0) is 66.9. The second kappa shape index (κ2) is 27.2. The van der Waals surface area contributed by atoms with Crippen LogP contribution >= 0.6 is 186 Å². The summed E-state index contributed by atoms with van der Waals surface area (Å²) in [7, 11) is 0. The van der Waals surface area contributed by atoms with Crippen LogP contribution in [-0.2, 0) is 19.5 Å². The number of hydrogen-bond donors (Lipinski definition) is 0. The van der Waals surface area contributed by atoms with Crippen molar-refractivity contribution in [2.75, 3.05) is 0 Å². The Balaban J connectivity index is 0.00000807. The van der Waals surface area contributed by atoms with E-state index < -0.39 is 0 Å². The van der Waals surface area contributed by atoms with Gasteiger partial charge < -0.3 is 48.9 Å². The number of benzene rings is 10. The molecule has 15 rings (SSSR count). The molecule has 0 fully saturated rings. The molecule has 2 aliphatic heterocycles. The molecule has 3 aromatic heterocycles. The predicted molar refractivity (Wildman–Crippen MR) is 391 cm³/mol. The molecule has 474 valence electrons. The molecule has 0 spiro atoms. The minimum atomic E-state index is -0.216. The first-order chi connectivity index (χ1) is 46.2. The van der Waals surface area contributed by atoms with Crippen molar-refractivity contribution in [3.63, 3.8) is 0 Å². The summed E-state index contributed by atoms with van der Waals surface area (Å²) in [4.78, 5) is 40.5. The molecule has 13 aromatic rings. The van der Waals surface area contributed by atoms with Crippen LogP contribution in [0.1, 0.15) is 0 Å². The molecular weight excluding hydrogens is 1630 g/mol.